The van der Waals surface area contributed by atoms with Gasteiger partial charge in [0.15, 0.2) is 12.4 Å². The van der Waals surface area contributed by atoms with Crippen LogP contribution >= 0.6 is 0 Å². The van der Waals surface area contributed by atoms with Gasteiger partial charge in [-0.15, -0.1) is 0 Å². The Morgan fingerprint density at radius 2 is 1.56 bits per heavy atom. The van der Waals surface area contributed by atoms with Gasteiger partial charge in [-0.2, -0.15) is 0 Å². The number of hydrogen-bond donors (Lipinski definition) is 0. The summed E-state index contributed by atoms with van der Waals surface area (Å²) in [5, 5.41) is 0. The topological polar surface area (TPSA) is 3.88 Å². The molecule has 0 N–H and O–H groups in total. The standard InChI is InChI=1S/C10H16N.BF4/c1-3-4-7-11-8-5-10(2)6-9-11;2-1(3,4)5/h5-6,8-9H,3-4,7H2,1-2H3;/q+1;-1. The first-order chi connectivity index (χ1) is 7.33. The highest BCUT2D eigenvalue weighted by Crippen LogP contribution is 2.06. The van der Waals surface area contributed by atoms with Crippen molar-refractivity contribution in [2.75, 3.05) is 0 Å². The normalized spacial score (nSPS) is 10.6. The van der Waals surface area contributed by atoms with E-state index in [2.05, 4.69) is 42.9 Å². The fourth-order valence-corrected chi connectivity index (χ4v) is 1.02. The number of nitrogens with zero attached hydrogens (tertiary/aromatic N) is 1. The molecule has 0 atom stereocenters. The van der Waals surface area contributed by atoms with Crippen molar-refractivity contribution in [3.05, 3.63) is 30.1 Å². The van der Waals surface area contributed by atoms with Gasteiger partial charge in [-0.1, -0.05) is 13.3 Å². The number of rotatable bonds is 3. The molecular weight excluding hydrogens is 221 g/mol. The van der Waals surface area contributed by atoms with Crippen molar-refractivity contribution >= 4 is 7.25 Å². The Morgan fingerprint density at radius 3 is 1.94 bits per heavy atom. The Kier molecular flexibility index (Phi) is 6.77. The Balaban J connectivity index is 0.000000385. The lowest BCUT2D eigenvalue weighted by atomic mass is 10.3. The lowest BCUT2D eigenvalue weighted by molar-refractivity contribution is -0.697. The SMILES string of the molecule is CCCC[n+]1ccc(C)cc1.F[B-](F)(F)F. The van der Waals surface area contributed by atoms with Gasteiger partial charge in [-0.05, 0) is 12.5 Å². The molecule has 6 heteroatoms. The lowest BCUT2D eigenvalue weighted by Gasteiger charge is -1.94. The molecule has 1 nitrogen and oxygen atoms in total. The van der Waals surface area contributed by atoms with E-state index in [1.807, 2.05) is 0 Å². The van der Waals surface area contributed by atoms with Gasteiger partial charge in [0.25, 0.3) is 0 Å². The number of hydrogen-bond acceptors (Lipinski definition) is 0. The van der Waals surface area contributed by atoms with Crippen LogP contribution in [0.5, 0.6) is 0 Å². The van der Waals surface area contributed by atoms with Crippen molar-refractivity contribution < 1.29 is 21.8 Å². The molecule has 1 aromatic heterocycles. The first-order valence-corrected chi connectivity index (χ1v) is 5.16. The van der Waals surface area contributed by atoms with Crippen LogP contribution in [0.25, 0.3) is 0 Å². The average Bonchev–Trinajstić information content (AvgIpc) is 2.14. The molecular formula is C10H16BF4N. The molecule has 0 spiro atoms. The summed E-state index contributed by atoms with van der Waals surface area (Å²) < 4.78 is 41.2. The molecule has 0 unspecified atom stereocenters. The predicted octanol–water partition coefficient (Wildman–Crippen LogP) is 3.38. The summed E-state index contributed by atoms with van der Waals surface area (Å²) >= 11 is 0. The van der Waals surface area contributed by atoms with Crippen LogP contribution in [0.1, 0.15) is 25.3 Å². The Hall–Kier alpha value is -1.07. The fourth-order valence-electron chi connectivity index (χ4n) is 1.02. The number of halogens is 4. The van der Waals surface area contributed by atoms with Gasteiger partial charge >= 0.3 is 7.25 Å². The second-order valence-corrected chi connectivity index (χ2v) is 3.46. The third kappa shape index (κ3) is 11.0. The highest BCUT2D eigenvalue weighted by molar-refractivity contribution is 6.50. The summed E-state index contributed by atoms with van der Waals surface area (Å²) in [6.45, 7) is 5.48. The largest absolute Gasteiger partial charge is 0.673 e. The summed E-state index contributed by atoms with van der Waals surface area (Å²) in [5.41, 5.74) is 1.33. The Labute approximate surface area is 93.2 Å². The van der Waals surface area contributed by atoms with Crippen LogP contribution in [-0.4, -0.2) is 7.25 Å². The third-order valence-electron chi connectivity index (χ3n) is 1.83. The van der Waals surface area contributed by atoms with Crippen molar-refractivity contribution in [3.8, 4) is 0 Å². The predicted molar refractivity (Wildman–Crippen MR) is 56.5 cm³/mol. The zero-order chi connectivity index (χ0) is 12.6. The summed E-state index contributed by atoms with van der Waals surface area (Å²) in [4.78, 5) is 0. The minimum Gasteiger partial charge on any atom is -0.418 e. The second-order valence-electron chi connectivity index (χ2n) is 3.46. The fraction of sp³-hybridized carbons (Fsp3) is 0.500. The highest BCUT2D eigenvalue weighted by atomic mass is 19.5. The summed E-state index contributed by atoms with van der Waals surface area (Å²) in [6, 6.07) is 4.30. The molecule has 0 aliphatic rings. The van der Waals surface area contributed by atoms with E-state index in [-0.39, 0.29) is 0 Å². The van der Waals surface area contributed by atoms with Gasteiger partial charge < -0.3 is 17.3 Å². The minimum atomic E-state index is -6.00. The average molecular weight is 237 g/mol. The van der Waals surface area contributed by atoms with Crippen molar-refractivity contribution in [2.24, 2.45) is 0 Å². The molecule has 0 saturated heterocycles. The van der Waals surface area contributed by atoms with Crippen molar-refractivity contribution in [1.82, 2.24) is 0 Å². The van der Waals surface area contributed by atoms with E-state index in [1.54, 1.807) is 0 Å². The molecule has 1 heterocycles. The van der Waals surface area contributed by atoms with Crippen molar-refractivity contribution in [3.63, 3.8) is 0 Å². The van der Waals surface area contributed by atoms with Crippen molar-refractivity contribution in [2.45, 2.75) is 33.2 Å². The van der Waals surface area contributed by atoms with Gasteiger partial charge in [0, 0.05) is 18.6 Å². The van der Waals surface area contributed by atoms with Gasteiger partial charge in [0.2, 0.25) is 0 Å². The Bertz CT molecular complexity index is 278. The maximum Gasteiger partial charge on any atom is 0.673 e. The molecule has 0 saturated carbocycles. The van der Waals surface area contributed by atoms with E-state index in [0.717, 1.165) is 6.54 Å². The Morgan fingerprint density at radius 1 is 1.12 bits per heavy atom. The second kappa shape index (κ2) is 7.25. The number of aromatic nitrogens is 1. The first kappa shape index (κ1) is 14.9. The van der Waals surface area contributed by atoms with Crippen molar-refractivity contribution in [1.29, 1.82) is 0 Å². The van der Waals surface area contributed by atoms with E-state index in [4.69, 9.17) is 0 Å². The van der Waals surface area contributed by atoms with Gasteiger partial charge in [-0.3, -0.25) is 0 Å². The first-order valence-electron chi connectivity index (χ1n) is 5.16. The van der Waals surface area contributed by atoms with Crippen LogP contribution in [0.2, 0.25) is 0 Å². The molecule has 0 amide bonds. The summed E-state index contributed by atoms with van der Waals surface area (Å²) in [7, 11) is -6.00. The minimum absolute atomic E-state index is 1.15. The summed E-state index contributed by atoms with van der Waals surface area (Å²) in [6.07, 6.45) is 6.82. The van der Waals surface area contributed by atoms with Crippen LogP contribution in [0.15, 0.2) is 24.5 Å². The molecule has 1 rings (SSSR count). The quantitative estimate of drug-likeness (QED) is 0.431. The molecule has 0 fully saturated rings. The van der Waals surface area contributed by atoms with Crippen LogP contribution in [0.4, 0.5) is 17.3 Å². The zero-order valence-electron chi connectivity index (χ0n) is 9.47. The van der Waals surface area contributed by atoms with Crippen LogP contribution in [0.3, 0.4) is 0 Å². The molecule has 0 aromatic carbocycles. The molecule has 0 aliphatic carbocycles. The molecule has 1 aromatic rings. The van der Waals surface area contributed by atoms with Crippen LogP contribution in [-0.2, 0) is 6.54 Å². The van der Waals surface area contributed by atoms with E-state index in [9.17, 15) is 17.3 Å². The molecule has 0 radical (unpaired) electrons. The van der Waals surface area contributed by atoms with E-state index < -0.39 is 7.25 Å². The number of aryl methyl sites for hydroxylation is 2. The van der Waals surface area contributed by atoms with E-state index in [1.165, 1.54) is 18.4 Å². The van der Waals surface area contributed by atoms with Crippen LogP contribution in [0, 0.1) is 6.92 Å². The smallest absolute Gasteiger partial charge is 0.418 e. The van der Waals surface area contributed by atoms with Gasteiger partial charge in [0.05, 0.1) is 0 Å². The molecule has 0 bridgehead atoms. The molecule has 16 heavy (non-hydrogen) atoms. The zero-order valence-corrected chi connectivity index (χ0v) is 9.47. The van der Waals surface area contributed by atoms with Crippen LogP contribution < -0.4 is 4.57 Å². The van der Waals surface area contributed by atoms with E-state index >= 15 is 0 Å². The molecule has 92 valence electrons. The van der Waals surface area contributed by atoms with Gasteiger partial charge in [-0.25, -0.2) is 4.57 Å². The van der Waals surface area contributed by atoms with Gasteiger partial charge in [0.1, 0.15) is 6.54 Å². The third-order valence-corrected chi connectivity index (χ3v) is 1.83. The highest BCUT2D eigenvalue weighted by Gasteiger charge is 2.20. The monoisotopic (exact) mass is 237 g/mol. The maximum atomic E-state index is 9.75. The number of pyridine rings is 1. The number of unbranched alkanes of at least 4 members (excludes halogenated alkanes) is 1. The lowest BCUT2D eigenvalue weighted by Crippen LogP contribution is -2.32. The van der Waals surface area contributed by atoms with E-state index in [0.29, 0.717) is 0 Å². The summed E-state index contributed by atoms with van der Waals surface area (Å²) in [5.74, 6) is 0. The maximum absolute atomic E-state index is 9.75. The molecule has 0 aliphatic heterocycles.